The SMILES string of the molecule is Cc1ccc(C2C(C(=O)Nc3cnn(CCN(C)C)c3)OCC(=O)N2C)cc1. The maximum atomic E-state index is 12.9. The highest BCUT2D eigenvalue weighted by atomic mass is 16.5. The highest BCUT2D eigenvalue weighted by Crippen LogP contribution is 2.30. The molecule has 150 valence electrons. The van der Waals surface area contributed by atoms with E-state index in [0.29, 0.717) is 5.69 Å². The van der Waals surface area contributed by atoms with Crippen molar-refractivity contribution in [3.05, 3.63) is 47.8 Å². The molecule has 8 heteroatoms. The lowest BCUT2D eigenvalue weighted by Crippen LogP contribution is -2.51. The zero-order chi connectivity index (χ0) is 20.3. The summed E-state index contributed by atoms with van der Waals surface area (Å²) in [5.74, 6) is -0.441. The summed E-state index contributed by atoms with van der Waals surface area (Å²) in [6.07, 6.45) is 2.61. The van der Waals surface area contributed by atoms with Crippen LogP contribution in [0.5, 0.6) is 0 Å². The number of nitrogens with zero attached hydrogens (tertiary/aromatic N) is 4. The third kappa shape index (κ3) is 4.58. The highest BCUT2D eigenvalue weighted by molar-refractivity contribution is 5.96. The van der Waals surface area contributed by atoms with Gasteiger partial charge in [-0.15, -0.1) is 0 Å². The van der Waals surface area contributed by atoms with Gasteiger partial charge in [-0.05, 0) is 26.6 Å². The van der Waals surface area contributed by atoms with E-state index in [2.05, 4.69) is 15.3 Å². The van der Waals surface area contributed by atoms with Gasteiger partial charge in [-0.2, -0.15) is 5.10 Å². The Kier molecular flexibility index (Phi) is 6.11. The lowest BCUT2D eigenvalue weighted by molar-refractivity contribution is -0.160. The van der Waals surface area contributed by atoms with E-state index < -0.39 is 12.1 Å². The van der Waals surface area contributed by atoms with Gasteiger partial charge in [-0.1, -0.05) is 29.8 Å². The summed E-state index contributed by atoms with van der Waals surface area (Å²) >= 11 is 0. The molecule has 0 radical (unpaired) electrons. The molecule has 2 aromatic rings. The number of ether oxygens (including phenoxy) is 1. The predicted molar refractivity (Wildman–Crippen MR) is 106 cm³/mol. The van der Waals surface area contributed by atoms with Crippen molar-refractivity contribution in [2.24, 2.45) is 0 Å². The molecular formula is C20H27N5O3. The Balaban J connectivity index is 1.75. The molecule has 1 aromatic heterocycles. The van der Waals surface area contributed by atoms with Crippen LogP contribution in [0, 0.1) is 6.92 Å². The van der Waals surface area contributed by atoms with Crippen molar-refractivity contribution < 1.29 is 14.3 Å². The number of benzene rings is 1. The molecule has 28 heavy (non-hydrogen) atoms. The van der Waals surface area contributed by atoms with E-state index in [9.17, 15) is 9.59 Å². The molecule has 2 heterocycles. The van der Waals surface area contributed by atoms with Crippen LogP contribution in [0.15, 0.2) is 36.7 Å². The van der Waals surface area contributed by atoms with Gasteiger partial charge in [0.05, 0.1) is 24.5 Å². The molecule has 1 aliphatic rings. The molecule has 2 amide bonds. The summed E-state index contributed by atoms with van der Waals surface area (Å²) < 4.78 is 7.42. The fourth-order valence-electron chi connectivity index (χ4n) is 3.16. The van der Waals surface area contributed by atoms with Crippen LogP contribution in [0.3, 0.4) is 0 Å². The van der Waals surface area contributed by atoms with Crippen molar-refractivity contribution in [3.8, 4) is 0 Å². The lowest BCUT2D eigenvalue weighted by atomic mass is 9.96. The van der Waals surface area contributed by atoms with E-state index in [1.165, 1.54) is 0 Å². The minimum absolute atomic E-state index is 0.112. The molecule has 3 rings (SSSR count). The standard InChI is InChI=1S/C20H27N5O3/c1-14-5-7-15(8-6-14)18-19(28-13-17(26)24(18)4)20(27)22-16-11-21-25(12-16)10-9-23(2)3/h5-8,11-12,18-19H,9-10,13H2,1-4H3,(H,22,27). The second-order valence-corrected chi connectivity index (χ2v) is 7.38. The van der Waals surface area contributed by atoms with Crippen molar-refractivity contribution >= 4 is 17.5 Å². The van der Waals surface area contributed by atoms with Crippen LogP contribution in [0.25, 0.3) is 0 Å². The lowest BCUT2D eigenvalue weighted by Gasteiger charge is -2.38. The van der Waals surface area contributed by atoms with Crippen LogP contribution >= 0.6 is 0 Å². The predicted octanol–water partition coefficient (Wildman–Crippen LogP) is 1.29. The van der Waals surface area contributed by atoms with Gasteiger partial charge in [-0.25, -0.2) is 0 Å². The minimum atomic E-state index is -0.796. The fraction of sp³-hybridized carbons (Fsp3) is 0.450. The molecule has 0 aliphatic carbocycles. The summed E-state index contributed by atoms with van der Waals surface area (Å²) in [4.78, 5) is 28.7. The van der Waals surface area contributed by atoms with Gasteiger partial charge in [0.25, 0.3) is 5.91 Å². The van der Waals surface area contributed by atoms with Crippen LogP contribution < -0.4 is 5.32 Å². The fourth-order valence-corrected chi connectivity index (χ4v) is 3.16. The zero-order valence-corrected chi connectivity index (χ0v) is 16.8. The van der Waals surface area contributed by atoms with Gasteiger partial charge in [0.1, 0.15) is 6.61 Å². The number of nitrogens with one attached hydrogen (secondary N) is 1. The number of amides is 2. The van der Waals surface area contributed by atoms with Crippen LogP contribution in [0.4, 0.5) is 5.69 Å². The Hall–Kier alpha value is -2.71. The number of likely N-dealkylation sites (N-methyl/N-ethyl adjacent to an activating group) is 2. The molecule has 1 aromatic carbocycles. The monoisotopic (exact) mass is 385 g/mol. The molecule has 2 atom stereocenters. The first-order valence-corrected chi connectivity index (χ1v) is 9.27. The molecule has 0 saturated carbocycles. The van der Waals surface area contributed by atoms with Crippen LogP contribution in [0.2, 0.25) is 0 Å². The second-order valence-electron chi connectivity index (χ2n) is 7.38. The van der Waals surface area contributed by atoms with Crippen molar-refractivity contribution in [3.63, 3.8) is 0 Å². The van der Waals surface area contributed by atoms with E-state index >= 15 is 0 Å². The number of morpholine rings is 1. The number of anilines is 1. The van der Waals surface area contributed by atoms with Gasteiger partial charge in [-0.3, -0.25) is 14.3 Å². The van der Waals surface area contributed by atoms with E-state index in [1.54, 1.807) is 29.0 Å². The van der Waals surface area contributed by atoms with Gasteiger partial charge < -0.3 is 19.9 Å². The van der Waals surface area contributed by atoms with Crippen LogP contribution in [0.1, 0.15) is 17.2 Å². The molecule has 1 saturated heterocycles. The van der Waals surface area contributed by atoms with Crippen molar-refractivity contribution in [1.82, 2.24) is 19.6 Å². The Labute approximate surface area is 165 Å². The molecule has 2 unspecified atom stereocenters. The van der Waals surface area contributed by atoms with Gasteiger partial charge in [0.2, 0.25) is 5.91 Å². The Morgan fingerprint density at radius 2 is 2.04 bits per heavy atom. The van der Waals surface area contributed by atoms with Crippen LogP contribution in [-0.4, -0.2) is 71.8 Å². The molecule has 1 fully saturated rings. The third-order valence-corrected chi connectivity index (χ3v) is 4.84. The summed E-state index contributed by atoms with van der Waals surface area (Å²) in [6, 6.07) is 7.30. The molecule has 1 aliphatic heterocycles. The summed E-state index contributed by atoms with van der Waals surface area (Å²) in [6.45, 7) is 3.46. The van der Waals surface area contributed by atoms with Gasteiger partial charge >= 0.3 is 0 Å². The molecule has 0 spiro atoms. The Morgan fingerprint density at radius 3 is 2.71 bits per heavy atom. The first-order chi connectivity index (χ1) is 13.3. The number of hydrogen-bond acceptors (Lipinski definition) is 5. The first-order valence-electron chi connectivity index (χ1n) is 9.27. The molecule has 8 nitrogen and oxygen atoms in total. The van der Waals surface area contributed by atoms with E-state index in [4.69, 9.17) is 4.74 Å². The number of carbonyl (C=O) groups is 2. The number of hydrogen-bond donors (Lipinski definition) is 1. The van der Waals surface area contributed by atoms with Gasteiger partial charge in [0, 0.05) is 19.8 Å². The first kappa shape index (κ1) is 20.0. The van der Waals surface area contributed by atoms with Crippen molar-refractivity contribution in [2.75, 3.05) is 39.6 Å². The number of carbonyl (C=O) groups excluding carboxylic acids is 2. The topological polar surface area (TPSA) is 79.7 Å². The zero-order valence-electron chi connectivity index (χ0n) is 16.8. The average molecular weight is 385 g/mol. The smallest absolute Gasteiger partial charge is 0.256 e. The normalized spacial score (nSPS) is 19.9. The van der Waals surface area contributed by atoms with Crippen LogP contribution in [-0.2, 0) is 20.9 Å². The maximum Gasteiger partial charge on any atom is 0.256 e. The number of rotatable bonds is 6. The number of aryl methyl sites for hydroxylation is 1. The highest BCUT2D eigenvalue weighted by Gasteiger charge is 2.40. The summed E-state index contributed by atoms with van der Waals surface area (Å²) in [7, 11) is 5.69. The van der Waals surface area contributed by atoms with Crippen molar-refractivity contribution in [2.45, 2.75) is 25.6 Å². The van der Waals surface area contributed by atoms with Gasteiger partial charge in [0.15, 0.2) is 6.10 Å². The summed E-state index contributed by atoms with van der Waals surface area (Å²) in [5.41, 5.74) is 2.58. The molecule has 0 bridgehead atoms. The third-order valence-electron chi connectivity index (χ3n) is 4.84. The maximum absolute atomic E-state index is 12.9. The second kappa shape index (κ2) is 8.53. The van der Waals surface area contributed by atoms with E-state index in [1.807, 2.05) is 45.3 Å². The largest absolute Gasteiger partial charge is 0.356 e. The van der Waals surface area contributed by atoms with Crippen molar-refractivity contribution in [1.29, 1.82) is 0 Å². The Bertz CT molecular complexity index is 831. The molecular weight excluding hydrogens is 358 g/mol. The van der Waals surface area contributed by atoms with E-state index in [0.717, 1.165) is 24.2 Å². The molecule has 1 N–H and O–H groups in total. The quantitative estimate of drug-likeness (QED) is 0.811. The number of aromatic nitrogens is 2. The Morgan fingerprint density at radius 1 is 1.32 bits per heavy atom. The summed E-state index contributed by atoms with van der Waals surface area (Å²) in [5, 5.41) is 7.14. The van der Waals surface area contributed by atoms with E-state index in [-0.39, 0.29) is 18.4 Å². The average Bonchev–Trinajstić information content (AvgIpc) is 3.10. The minimum Gasteiger partial charge on any atom is -0.356 e.